The molecule has 4 aromatic rings. The van der Waals surface area contributed by atoms with Crippen LogP contribution in [0.25, 0.3) is 0 Å². The van der Waals surface area contributed by atoms with Crippen LogP contribution in [-0.2, 0) is 10.3 Å². The van der Waals surface area contributed by atoms with Gasteiger partial charge in [-0.2, -0.15) is 0 Å². The number of rotatable bonds is 8. The summed E-state index contributed by atoms with van der Waals surface area (Å²) in [4.78, 5) is 0. The third-order valence-electron chi connectivity index (χ3n) is 5.50. The Morgan fingerprint density at radius 2 is 1.06 bits per heavy atom. The largest absolute Gasteiger partial charge is 0.497 e. The van der Waals surface area contributed by atoms with Gasteiger partial charge in [0.2, 0.25) is 0 Å². The van der Waals surface area contributed by atoms with Crippen molar-refractivity contribution >= 4 is 0 Å². The molecule has 0 aliphatic carbocycles. The highest BCUT2D eigenvalue weighted by molar-refractivity contribution is 5.47. The Morgan fingerprint density at radius 3 is 1.45 bits per heavy atom. The van der Waals surface area contributed by atoms with Crippen LogP contribution in [0.1, 0.15) is 28.4 Å². The first-order valence-electron chi connectivity index (χ1n) is 10.4. The second-order valence-corrected chi connectivity index (χ2v) is 7.38. The summed E-state index contributed by atoms with van der Waals surface area (Å²) in [7, 11) is 1.63. The van der Waals surface area contributed by atoms with Crippen LogP contribution in [0.4, 0.5) is 0 Å². The number of ether oxygens (including phenoxy) is 2. The Hall–Kier alpha value is -3.40. The molecule has 1 N–H and O–H groups in total. The van der Waals surface area contributed by atoms with Gasteiger partial charge >= 0.3 is 0 Å². The van der Waals surface area contributed by atoms with Crippen molar-refractivity contribution in [3.63, 3.8) is 0 Å². The third kappa shape index (κ3) is 4.38. The van der Waals surface area contributed by atoms with Crippen LogP contribution in [0.15, 0.2) is 115 Å². The lowest BCUT2D eigenvalue weighted by Gasteiger charge is -2.36. The molecule has 4 aromatic carbocycles. The van der Waals surface area contributed by atoms with Crippen molar-refractivity contribution in [3.05, 3.63) is 138 Å². The molecule has 156 valence electrons. The summed E-state index contributed by atoms with van der Waals surface area (Å²) < 4.78 is 11.9. The Labute approximate surface area is 183 Å². The predicted molar refractivity (Wildman–Crippen MR) is 123 cm³/mol. The summed E-state index contributed by atoms with van der Waals surface area (Å²) in [6.45, 7) is 0.130. The maximum absolute atomic E-state index is 10.9. The fraction of sp³-hybridized carbons (Fsp3) is 0.143. The third-order valence-corrected chi connectivity index (χ3v) is 5.50. The second kappa shape index (κ2) is 9.61. The Bertz CT molecular complexity index is 965. The molecule has 0 spiro atoms. The molecule has 1 atom stereocenters. The van der Waals surface area contributed by atoms with Crippen molar-refractivity contribution < 1.29 is 14.6 Å². The van der Waals surface area contributed by atoms with Crippen LogP contribution in [0.5, 0.6) is 5.75 Å². The van der Waals surface area contributed by atoms with Crippen LogP contribution in [0.3, 0.4) is 0 Å². The number of aliphatic hydroxyl groups excluding tert-OH is 1. The highest BCUT2D eigenvalue weighted by Crippen LogP contribution is 2.41. The highest BCUT2D eigenvalue weighted by Gasteiger charge is 2.38. The minimum Gasteiger partial charge on any atom is -0.497 e. The van der Waals surface area contributed by atoms with Crippen molar-refractivity contribution in [1.82, 2.24) is 0 Å². The topological polar surface area (TPSA) is 38.7 Å². The quantitative estimate of drug-likeness (QED) is 0.377. The van der Waals surface area contributed by atoms with Gasteiger partial charge in [0.25, 0.3) is 0 Å². The summed E-state index contributed by atoms with van der Waals surface area (Å²) >= 11 is 0. The SMILES string of the molecule is COc1ccc([C@H](O)COC(c2ccccc2)(c2ccccc2)c2ccccc2)cc1. The lowest BCUT2D eigenvalue weighted by molar-refractivity contribution is -0.0390. The van der Waals surface area contributed by atoms with Gasteiger partial charge in [-0.05, 0) is 34.4 Å². The first-order chi connectivity index (χ1) is 15.2. The van der Waals surface area contributed by atoms with Crippen LogP contribution in [0.2, 0.25) is 0 Å². The minimum absolute atomic E-state index is 0.130. The van der Waals surface area contributed by atoms with Gasteiger partial charge in [0.05, 0.1) is 13.7 Å². The van der Waals surface area contributed by atoms with E-state index in [9.17, 15) is 5.11 Å². The zero-order chi connectivity index (χ0) is 21.5. The summed E-state index contributed by atoms with van der Waals surface area (Å²) in [6.07, 6.45) is -0.776. The zero-order valence-corrected chi connectivity index (χ0v) is 17.5. The molecule has 0 unspecified atom stereocenters. The molecule has 31 heavy (non-hydrogen) atoms. The number of methoxy groups -OCH3 is 1. The van der Waals surface area contributed by atoms with Gasteiger partial charge in [0.15, 0.2) is 0 Å². The van der Waals surface area contributed by atoms with Gasteiger partial charge in [0, 0.05) is 0 Å². The predicted octanol–water partition coefficient (Wildman–Crippen LogP) is 5.74. The molecule has 0 amide bonds. The summed E-state index contributed by atoms with van der Waals surface area (Å²) in [5, 5.41) is 10.9. The van der Waals surface area contributed by atoms with Crippen molar-refractivity contribution in [2.75, 3.05) is 13.7 Å². The van der Waals surface area contributed by atoms with E-state index in [4.69, 9.17) is 9.47 Å². The van der Waals surface area contributed by atoms with E-state index in [1.807, 2.05) is 78.9 Å². The molecule has 0 saturated heterocycles. The molecular formula is C28H26O3. The fourth-order valence-corrected chi connectivity index (χ4v) is 3.89. The van der Waals surface area contributed by atoms with Crippen LogP contribution >= 0.6 is 0 Å². The van der Waals surface area contributed by atoms with Crippen LogP contribution in [-0.4, -0.2) is 18.8 Å². The Kier molecular flexibility index (Phi) is 6.46. The van der Waals surface area contributed by atoms with E-state index in [1.165, 1.54) is 0 Å². The molecule has 4 rings (SSSR count). The maximum Gasteiger partial charge on any atom is 0.143 e. The molecule has 0 bridgehead atoms. The van der Waals surface area contributed by atoms with E-state index in [2.05, 4.69) is 36.4 Å². The van der Waals surface area contributed by atoms with Gasteiger partial charge in [-0.1, -0.05) is 103 Å². The highest BCUT2D eigenvalue weighted by atomic mass is 16.5. The number of hydrogen-bond acceptors (Lipinski definition) is 3. The molecule has 0 aromatic heterocycles. The number of aliphatic hydroxyl groups is 1. The summed E-state index contributed by atoms with van der Waals surface area (Å²) in [5.74, 6) is 0.754. The van der Waals surface area contributed by atoms with E-state index in [0.717, 1.165) is 28.0 Å². The number of hydrogen-bond donors (Lipinski definition) is 1. The van der Waals surface area contributed by atoms with Gasteiger partial charge in [-0.3, -0.25) is 0 Å². The molecule has 0 aliphatic rings. The van der Waals surface area contributed by atoms with Crippen molar-refractivity contribution in [2.45, 2.75) is 11.7 Å². The van der Waals surface area contributed by atoms with Gasteiger partial charge in [0.1, 0.15) is 17.5 Å². The van der Waals surface area contributed by atoms with E-state index < -0.39 is 11.7 Å². The average Bonchev–Trinajstić information content (AvgIpc) is 2.86. The number of benzene rings is 4. The van der Waals surface area contributed by atoms with Gasteiger partial charge in [-0.15, -0.1) is 0 Å². The van der Waals surface area contributed by atoms with Crippen molar-refractivity contribution in [1.29, 1.82) is 0 Å². The monoisotopic (exact) mass is 410 g/mol. The molecule has 0 radical (unpaired) electrons. The smallest absolute Gasteiger partial charge is 0.143 e. The average molecular weight is 411 g/mol. The minimum atomic E-state index is -0.850. The van der Waals surface area contributed by atoms with Crippen molar-refractivity contribution in [3.8, 4) is 5.75 Å². The summed E-state index contributed by atoms with van der Waals surface area (Å²) in [5.41, 5.74) is 2.96. The normalized spacial score (nSPS) is 12.3. The first-order valence-corrected chi connectivity index (χ1v) is 10.4. The van der Waals surface area contributed by atoms with E-state index >= 15 is 0 Å². The molecule has 0 heterocycles. The zero-order valence-electron chi connectivity index (χ0n) is 17.5. The van der Waals surface area contributed by atoms with E-state index in [0.29, 0.717) is 0 Å². The standard InChI is InChI=1S/C28H26O3/c1-30-26-19-17-22(18-20-26)27(29)21-31-28(23-11-5-2-6-12-23,24-13-7-3-8-14-24)25-15-9-4-10-16-25/h2-20,27,29H,21H2,1H3/t27-/m1/s1. The Morgan fingerprint density at radius 1 is 0.645 bits per heavy atom. The maximum atomic E-state index is 10.9. The lowest BCUT2D eigenvalue weighted by atomic mass is 9.80. The molecular weight excluding hydrogens is 384 g/mol. The van der Waals surface area contributed by atoms with E-state index in [-0.39, 0.29) is 6.61 Å². The molecule has 3 nitrogen and oxygen atoms in total. The lowest BCUT2D eigenvalue weighted by Crippen LogP contribution is -2.34. The second-order valence-electron chi connectivity index (χ2n) is 7.38. The van der Waals surface area contributed by atoms with Crippen LogP contribution in [0, 0.1) is 0 Å². The molecule has 0 fully saturated rings. The molecule has 0 aliphatic heterocycles. The van der Waals surface area contributed by atoms with Gasteiger partial charge < -0.3 is 14.6 Å². The molecule has 0 saturated carbocycles. The molecule has 3 heteroatoms. The van der Waals surface area contributed by atoms with Crippen LogP contribution < -0.4 is 4.74 Å². The fourth-order valence-electron chi connectivity index (χ4n) is 3.89. The Balaban J connectivity index is 1.76. The van der Waals surface area contributed by atoms with Gasteiger partial charge in [-0.25, -0.2) is 0 Å². The van der Waals surface area contributed by atoms with Crippen molar-refractivity contribution in [2.24, 2.45) is 0 Å². The summed E-state index contributed by atoms with van der Waals surface area (Å²) in [6, 6.07) is 37.9. The first kappa shape index (κ1) is 20.9. The van der Waals surface area contributed by atoms with E-state index in [1.54, 1.807) is 7.11 Å².